The maximum atomic E-state index is 11.7. The van der Waals surface area contributed by atoms with Crippen LogP contribution in [-0.4, -0.2) is 5.97 Å². The first kappa shape index (κ1) is 16.3. The molecule has 0 aliphatic rings. The van der Waals surface area contributed by atoms with Gasteiger partial charge in [-0.3, -0.25) is 4.84 Å². The standard InChI is InChI=1S/C16H23NO3/c1-3-4-5-6-7-8-11-14-13(2)10-9-12-15(14)16(18)20-17-19/h9-10,12H,3-8,11H2,1-2H3. The molecule has 0 aliphatic carbocycles. The molecule has 0 N–H and O–H groups in total. The van der Waals surface area contributed by atoms with Crippen LogP contribution in [0.15, 0.2) is 23.5 Å². The minimum Gasteiger partial charge on any atom is -0.279 e. The van der Waals surface area contributed by atoms with Crippen molar-refractivity contribution < 1.29 is 9.63 Å². The molecule has 1 aromatic rings. The van der Waals surface area contributed by atoms with Crippen LogP contribution in [0.1, 0.15) is 66.9 Å². The van der Waals surface area contributed by atoms with Gasteiger partial charge in [0, 0.05) is 0 Å². The highest BCUT2D eigenvalue weighted by Crippen LogP contribution is 2.19. The van der Waals surface area contributed by atoms with Crippen molar-refractivity contribution in [2.24, 2.45) is 5.34 Å². The Morgan fingerprint density at radius 1 is 1.15 bits per heavy atom. The largest absolute Gasteiger partial charge is 0.369 e. The van der Waals surface area contributed by atoms with Gasteiger partial charge in [-0.1, -0.05) is 51.2 Å². The lowest BCUT2D eigenvalue weighted by atomic mass is 9.96. The van der Waals surface area contributed by atoms with Gasteiger partial charge >= 0.3 is 5.97 Å². The maximum absolute atomic E-state index is 11.7. The molecule has 1 aromatic carbocycles. The lowest BCUT2D eigenvalue weighted by molar-refractivity contribution is 0.0507. The average Bonchev–Trinajstić information content (AvgIpc) is 2.44. The van der Waals surface area contributed by atoms with Gasteiger partial charge in [-0.2, -0.15) is 0 Å². The molecule has 0 saturated carbocycles. The third-order valence-electron chi connectivity index (χ3n) is 3.53. The molecule has 110 valence electrons. The van der Waals surface area contributed by atoms with E-state index in [2.05, 4.69) is 17.1 Å². The molecule has 0 aromatic heterocycles. The molecule has 0 bridgehead atoms. The number of rotatable bonds is 9. The molecule has 0 saturated heterocycles. The zero-order valence-electron chi connectivity index (χ0n) is 12.4. The number of benzene rings is 1. The molecule has 0 spiro atoms. The summed E-state index contributed by atoms with van der Waals surface area (Å²) in [4.78, 5) is 25.9. The Labute approximate surface area is 120 Å². The minimum atomic E-state index is -0.662. The Bertz CT molecular complexity index is 443. The van der Waals surface area contributed by atoms with Crippen molar-refractivity contribution in [3.8, 4) is 0 Å². The van der Waals surface area contributed by atoms with Crippen LogP contribution in [-0.2, 0) is 11.3 Å². The van der Waals surface area contributed by atoms with Gasteiger partial charge in [0.05, 0.1) is 5.56 Å². The highest BCUT2D eigenvalue weighted by atomic mass is 16.7. The fourth-order valence-corrected chi connectivity index (χ4v) is 2.39. The van der Waals surface area contributed by atoms with Crippen molar-refractivity contribution in [1.29, 1.82) is 0 Å². The van der Waals surface area contributed by atoms with E-state index in [4.69, 9.17) is 0 Å². The topological polar surface area (TPSA) is 55.7 Å². The van der Waals surface area contributed by atoms with Gasteiger partial charge in [-0.05, 0) is 37.0 Å². The van der Waals surface area contributed by atoms with Crippen LogP contribution in [0, 0.1) is 11.8 Å². The van der Waals surface area contributed by atoms with E-state index in [0.717, 1.165) is 30.4 Å². The van der Waals surface area contributed by atoms with Crippen molar-refractivity contribution in [3.63, 3.8) is 0 Å². The van der Waals surface area contributed by atoms with Gasteiger partial charge in [-0.15, -0.1) is 4.91 Å². The molecular formula is C16H23NO3. The van der Waals surface area contributed by atoms with Gasteiger partial charge in [0.2, 0.25) is 0 Å². The van der Waals surface area contributed by atoms with Crippen LogP contribution in [0.3, 0.4) is 0 Å². The summed E-state index contributed by atoms with van der Waals surface area (Å²) in [5.41, 5.74) is 2.48. The van der Waals surface area contributed by atoms with Crippen molar-refractivity contribution in [3.05, 3.63) is 39.8 Å². The molecule has 0 aliphatic heterocycles. The molecule has 1 rings (SSSR count). The number of hydrogen-bond acceptors (Lipinski definition) is 4. The van der Waals surface area contributed by atoms with Crippen molar-refractivity contribution in [2.45, 2.75) is 58.8 Å². The molecular weight excluding hydrogens is 254 g/mol. The summed E-state index contributed by atoms with van der Waals surface area (Å²) in [6.07, 6.45) is 8.07. The highest BCUT2D eigenvalue weighted by molar-refractivity contribution is 5.91. The van der Waals surface area contributed by atoms with E-state index in [9.17, 15) is 9.70 Å². The monoisotopic (exact) mass is 277 g/mol. The zero-order chi connectivity index (χ0) is 14.8. The summed E-state index contributed by atoms with van der Waals surface area (Å²) in [6.45, 7) is 4.17. The van der Waals surface area contributed by atoms with Crippen LogP contribution >= 0.6 is 0 Å². The molecule has 0 heterocycles. The smallest absolute Gasteiger partial charge is 0.279 e. The minimum absolute atomic E-state index is 0.457. The fourth-order valence-electron chi connectivity index (χ4n) is 2.39. The number of unbranched alkanes of at least 4 members (excludes halogenated alkanes) is 5. The fraction of sp³-hybridized carbons (Fsp3) is 0.562. The summed E-state index contributed by atoms with van der Waals surface area (Å²) in [6, 6.07) is 5.45. The number of nitrogens with zero attached hydrogens (tertiary/aromatic N) is 1. The van der Waals surface area contributed by atoms with E-state index in [1.54, 1.807) is 12.1 Å². The zero-order valence-corrected chi connectivity index (χ0v) is 12.4. The molecule has 0 amide bonds. The maximum Gasteiger partial charge on any atom is 0.369 e. The third-order valence-corrected chi connectivity index (χ3v) is 3.53. The Kier molecular flexibility index (Phi) is 7.55. The Hall–Kier alpha value is -1.71. The molecule has 4 nitrogen and oxygen atoms in total. The second kappa shape index (κ2) is 9.23. The molecule has 0 fully saturated rings. The highest BCUT2D eigenvalue weighted by Gasteiger charge is 2.14. The van der Waals surface area contributed by atoms with Gasteiger partial charge < -0.3 is 0 Å². The van der Waals surface area contributed by atoms with Crippen molar-refractivity contribution in [1.82, 2.24) is 0 Å². The average molecular weight is 277 g/mol. The van der Waals surface area contributed by atoms with Gasteiger partial charge in [-0.25, -0.2) is 4.79 Å². The molecule has 0 radical (unpaired) electrons. The number of carbonyl (C=O) groups is 1. The van der Waals surface area contributed by atoms with E-state index in [0.29, 0.717) is 5.56 Å². The van der Waals surface area contributed by atoms with Crippen LogP contribution in [0.5, 0.6) is 0 Å². The van der Waals surface area contributed by atoms with Crippen LogP contribution in [0.2, 0.25) is 0 Å². The van der Waals surface area contributed by atoms with E-state index < -0.39 is 5.97 Å². The molecule has 4 heteroatoms. The Balaban J connectivity index is 2.59. The summed E-state index contributed by atoms with van der Waals surface area (Å²) in [5, 5.41) is 2.21. The summed E-state index contributed by atoms with van der Waals surface area (Å²) >= 11 is 0. The predicted octanol–water partition coefficient (Wildman–Crippen LogP) is 4.74. The summed E-state index contributed by atoms with van der Waals surface area (Å²) in [5.74, 6) is -0.662. The van der Waals surface area contributed by atoms with Crippen molar-refractivity contribution in [2.75, 3.05) is 0 Å². The first-order valence-corrected chi connectivity index (χ1v) is 7.33. The van der Waals surface area contributed by atoms with E-state index in [-0.39, 0.29) is 0 Å². The van der Waals surface area contributed by atoms with Gasteiger partial charge in [0.25, 0.3) is 0 Å². The lowest BCUT2D eigenvalue weighted by Gasteiger charge is -2.10. The third kappa shape index (κ3) is 5.11. The Morgan fingerprint density at radius 2 is 1.85 bits per heavy atom. The normalized spacial score (nSPS) is 10.3. The van der Waals surface area contributed by atoms with Crippen molar-refractivity contribution >= 4 is 5.97 Å². The first-order chi connectivity index (χ1) is 9.70. The number of hydrogen-bond donors (Lipinski definition) is 0. The SMILES string of the molecule is CCCCCCCCc1c(C)cccc1C(=O)ON=O. The quantitative estimate of drug-likeness (QED) is 0.372. The predicted molar refractivity (Wildman–Crippen MR) is 79.5 cm³/mol. The molecule has 0 atom stereocenters. The number of carbonyl (C=O) groups excluding carboxylic acids is 1. The van der Waals surface area contributed by atoms with E-state index in [1.165, 1.54) is 25.7 Å². The molecule has 0 unspecified atom stereocenters. The second-order valence-corrected chi connectivity index (χ2v) is 5.07. The van der Waals surface area contributed by atoms with Crippen LogP contribution in [0.4, 0.5) is 0 Å². The van der Waals surface area contributed by atoms with Crippen LogP contribution in [0.25, 0.3) is 0 Å². The first-order valence-electron chi connectivity index (χ1n) is 7.33. The van der Waals surface area contributed by atoms with E-state index >= 15 is 0 Å². The summed E-state index contributed by atoms with van der Waals surface area (Å²) < 4.78 is 0. The van der Waals surface area contributed by atoms with E-state index in [1.807, 2.05) is 13.0 Å². The lowest BCUT2D eigenvalue weighted by Crippen LogP contribution is -2.06. The molecule has 20 heavy (non-hydrogen) atoms. The van der Waals surface area contributed by atoms with Gasteiger partial charge in [0.15, 0.2) is 5.34 Å². The number of aryl methyl sites for hydroxylation is 1. The van der Waals surface area contributed by atoms with Gasteiger partial charge in [0.1, 0.15) is 0 Å². The Morgan fingerprint density at radius 3 is 2.55 bits per heavy atom. The van der Waals surface area contributed by atoms with Crippen LogP contribution < -0.4 is 0 Å². The second-order valence-electron chi connectivity index (χ2n) is 5.07. The summed E-state index contributed by atoms with van der Waals surface area (Å²) in [7, 11) is 0.